The number of hydrogen-bond acceptors (Lipinski definition) is 3. The largest absolute Gasteiger partial charge is 0.282 e. The highest BCUT2D eigenvalue weighted by atomic mass is 32.1. The SMILES string of the molecule is CCCCCCCCCCCCCCCCCCc1ccc([N+](=O)[O-])cc1C(=O)S. The van der Waals surface area contributed by atoms with Crippen LogP contribution in [0.25, 0.3) is 0 Å². The van der Waals surface area contributed by atoms with Crippen molar-refractivity contribution in [2.75, 3.05) is 0 Å². The molecule has 0 amide bonds. The molecule has 0 aromatic heterocycles. The summed E-state index contributed by atoms with van der Waals surface area (Å²) >= 11 is 3.87. The van der Waals surface area contributed by atoms with E-state index in [1.165, 1.54) is 102 Å². The van der Waals surface area contributed by atoms with E-state index in [2.05, 4.69) is 19.6 Å². The van der Waals surface area contributed by atoms with Crippen LogP contribution in [0.15, 0.2) is 18.2 Å². The molecule has 0 saturated carbocycles. The van der Waals surface area contributed by atoms with E-state index in [0.29, 0.717) is 5.56 Å². The number of nitrogens with zero attached hydrogens (tertiary/aromatic N) is 1. The summed E-state index contributed by atoms with van der Waals surface area (Å²) in [4.78, 5) is 22.1. The van der Waals surface area contributed by atoms with Gasteiger partial charge in [0.1, 0.15) is 0 Å². The Kier molecular flexibility index (Phi) is 15.4. The van der Waals surface area contributed by atoms with Gasteiger partial charge in [-0.15, -0.1) is 12.6 Å². The van der Waals surface area contributed by atoms with Gasteiger partial charge in [0.05, 0.1) is 4.92 Å². The van der Waals surface area contributed by atoms with Gasteiger partial charge in [0.25, 0.3) is 5.69 Å². The summed E-state index contributed by atoms with van der Waals surface area (Å²) < 4.78 is 0. The zero-order valence-electron chi connectivity index (χ0n) is 18.9. The average molecular weight is 436 g/mol. The van der Waals surface area contributed by atoms with Crippen molar-refractivity contribution in [1.29, 1.82) is 0 Å². The fourth-order valence-corrected chi connectivity index (χ4v) is 4.17. The number of nitro groups is 1. The van der Waals surface area contributed by atoms with Crippen LogP contribution in [-0.2, 0) is 6.42 Å². The summed E-state index contributed by atoms with van der Waals surface area (Å²) in [6, 6.07) is 4.52. The summed E-state index contributed by atoms with van der Waals surface area (Å²) in [5.74, 6) is 0. The van der Waals surface area contributed by atoms with Crippen LogP contribution in [0, 0.1) is 10.1 Å². The van der Waals surface area contributed by atoms with Crippen LogP contribution in [0.1, 0.15) is 126 Å². The first-order valence-electron chi connectivity index (χ1n) is 12.1. The molecule has 0 aliphatic heterocycles. The van der Waals surface area contributed by atoms with Crippen molar-refractivity contribution in [2.24, 2.45) is 0 Å². The number of thiol groups is 1. The Balaban J connectivity index is 2.00. The summed E-state index contributed by atoms with van der Waals surface area (Å²) in [5.41, 5.74) is 1.18. The summed E-state index contributed by atoms with van der Waals surface area (Å²) in [6.07, 6.45) is 22.0. The molecule has 5 heteroatoms. The van der Waals surface area contributed by atoms with Crippen molar-refractivity contribution < 1.29 is 9.72 Å². The molecular weight excluding hydrogens is 394 g/mol. The van der Waals surface area contributed by atoms with E-state index in [1.54, 1.807) is 6.07 Å². The van der Waals surface area contributed by atoms with Gasteiger partial charge in [-0.2, -0.15) is 0 Å². The smallest absolute Gasteiger partial charge is 0.270 e. The molecule has 30 heavy (non-hydrogen) atoms. The molecule has 0 saturated heterocycles. The lowest BCUT2D eigenvalue weighted by atomic mass is 10.00. The third-order valence-corrected chi connectivity index (χ3v) is 6.08. The van der Waals surface area contributed by atoms with Crippen LogP contribution in [0.4, 0.5) is 5.69 Å². The quantitative estimate of drug-likeness (QED) is 0.103. The first kappa shape index (κ1) is 26.7. The lowest BCUT2D eigenvalue weighted by Gasteiger charge is -2.07. The van der Waals surface area contributed by atoms with Gasteiger partial charge in [-0.05, 0) is 18.4 Å². The van der Waals surface area contributed by atoms with Crippen molar-refractivity contribution in [3.63, 3.8) is 0 Å². The fourth-order valence-electron chi connectivity index (χ4n) is 3.96. The second kappa shape index (κ2) is 17.3. The van der Waals surface area contributed by atoms with Crippen LogP contribution in [-0.4, -0.2) is 10.0 Å². The normalized spacial score (nSPS) is 11.0. The predicted molar refractivity (Wildman–Crippen MR) is 130 cm³/mol. The van der Waals surface area contributed by atoms with E-state index in [-0.39, 0.29) is 5.69 Å². The highest BCUT2D eigenvalue weighted by molar-refractivity contribution is 7.97. The van der Waals surface area contributed by atoms with Crippen LogP contribution in [0.3, 0.4) is 0 Å². The second-order valence-corrected chi connectivity index (χ2v) is 8.86. The summed E-state index contributed by atoms with van der Waals surface area (Å²) in [5, 5.41) is 10.5. The average Bonchev–Trinajstić information content (AvgIpc) is 2.73. The van der Waals surface area contributed by atoms with Gasteiger partial charge < -0.3 is 0 Å². The zero-order chi connectivity index (χ0) is 22.0. The number of benzene rings is 1. The molecule has 0 fully saturated rings. The highest BCUT2D eigenvalue weighted by Crippen LogP contribution is 2.22. The Bertz CT molecular complexity index is 618. The van der Waals surface area contributed by atoms with E-state index < -0.39 is 10.0 Å². The Labute approximate surface area is 188 Å². The fraction of sp³-hybridized carbons (Fsp3) is 0.720. The van der Waals surface area contributed by atoms with Gasteiger partial charge in [0.15, 0.2) is 0 Å². The number of nitro benzene ring substituents is 1. The second-order valence-electron chi connectivity index (χ2n) is 8.46. The molecule has 0 radical (unpaired) electrons. The standard InChI is InChI=1S/C25H41NO3S/c1-2-3-4-5-6-7-8-9-10-11-12-13-14-15-16-17-18-22-19-20-23(26(28)29)21-24(22)25(27)30/h19-21H,2-18H2,1H3,(H,27,30). The molecule has 0 unspecified atom stereocenters. The highest BCUT2D eigenvalue weighted by Gasteiger charge is 2.14. The Hall–Kier alpha value is -1.36. The van der Waals surface area contributed by atoms with Gasteiger partial charge in [0, 0.05) is 17.7 Å². The molecule has 0 heterocycles. The maximum Gasteiger partial charge on any atom is 0.270 e. The first-order valence-corrected chi connectivity index (χ1v) is 12.5. The Morgan fingerprint density at radius 1 is 0.800 bits per heavy atom. The van der Waals surface area contributed by atoms with Crippen molar-refractivity contribution in [2.45, 2.75) is 116 Å². The topological polar surface area (TPSA) is 60.2 Å². The predicted octanol–water partition coefficient (Wildman–Crippen LogP) is 8.47. The molecule has 0 N–H and O–H groups in total. The molecule has 0 atom stereocenters. The van der Waals surface area contributed by atoms with Crippen molar-refractivity contribution in [3.05, 3.63) is 39.4 Å². The number of non-ortho nitro benzene ring substituents is 1. The summed E-state index contributed by atoms with van der Waals surface area (Å²) in [6.45, 7) is 2.27. The van der Waals surface area contributed by atoms with Gasteiger partial charge in [-0.1, -0.05) is 109 Å². The lowest BCUT2D eigenvalue weighted by molar-refractivity contribution is -0.384. The first-order chi connectivity index (χ1) is 14.6. The molecule has 170 valence electrons. The van der Waals surface area contributed by atoms with Crippen molar-refractivity contribution in [1.82, 2.24) is 0 Å². The van der Waals surface area contributed by atoms with Crippen molar-refractivity contribution >= 4 is 23.4 Å². The monoisotopic (exact) mass is 435 g/mol. The molecule has 4 nitrogen and oxygen atoms in total. The molecule has 0 bridgehead atoms. The maximum absolute atomic E-state index is 11.7. The number of aryl methyl sites for hydroxylation is 1. The number of carbonyl (C=O) groups is 1. The van der Waals surface area contributed by atoms with E-state index >= 15 is 0 Å². The molecule has 1 aromatic carbocycles. The molecule has 0 spiro atoms. The third-order valence-electron chi connectivity index (χ3n) is 5.83. The minimum atomic E-state index is -0.474. The van der Waals surface area contributed by atoms with Crippen LogP contribution < -0.4 is 0 Å². The maximum atomic E-state index is 11.7. The number of carbonyl (C=O) groups excluding carboxylic acids is 1. The molecule has 0 aliphatic rings. The van der Waals surface area contributed by atoms with Gasteiger partial charge in [0.2, 0.25) is 5.12 Å². The number of rotatable bonds is 19. The Morgan fingerprint density at radius 3 is 1.63 bits per heavy atom. The third kappa shape index (κ3) is 12.4. The number of unbranched alkanes of at least 4 members (excludes halogenated alkanes) is 15. The van der Waals surface area contributed by atoms with Gasteiger partial charge >= 0.3 is 0 Å². The summed E-state index contributed by atoms with van der Waals surface area (Å²) in [7, 11) is 0. The molecular formula is C25H41NO3S. The van der Waals surface area contributed by atoms with Crippen LogP contribution in [0.2, 0.25) is 0 Å². The molecule has 1 aromatic rings. The molecule has 0 aliphatic carbocycles. The van der Waals surface area contributed by atoms with Crippen molar-refractivity contribution in [3.8, 4) is 0 Å². The van der Waals surface area contributed by atoms with Crippen LogP contribution >= 0.6 is 12.6 Å². The minimum Gasteiger partial charge on any atom is -0.282 e. The van der Waals surface area contributed by atoms with Crippen LogP contribution in [0.5, 0.6) is 0 Å². The van der Waals surface area contributed by atoms with E-state index in [4.69, 9.17) is 0 Å². The minimum absolute atomic E-state index is 0.0527. The van der Waals surface area contributed by atoms with E-state index in [1.807, 2.05) is 0 Å². The Morgan fingerprint density at radius 2 is 1.23 bits per heavy atom. The van der Waals surface area contributed by atoms with E-state index in [0.717, 1.165) is 24.8 Å². The van der Waals surface area contributed by atoms with Gasteiger partial charge in [-0.25, -0.2) is 0 Å². The van der Waals surface area contributed by atoms with Gasteiger partial charge in [-0.3, -0.25) is 14.9 Å². The van der Waals surface area contributed by atoms with E-state index in [9.17, 15) is 14.9 Å². The molecule has 1 rings (SSSR count). The zero-order valence-corrected chi connectivity index (χ0v) is 19.8. The lowest BCUT2D eigenvalue weighted by Crippen LogP contribution is -2.00. The number of hydrogen-bond donors (Lipinski definition) is 1.